The van der Waals surface area contributed by atoms with Crippen LogP contribution in [-0.2, 0) is 5.60 Å². The first-order chi connectivity index (χ1) is 7.01. The van der Waals surface area contributed by atoms with E-state index in [4.69, 9.17) is 10.6 Å². The number of hydrogen-bond acceptors (Lipinski definition) is 4. The number of benzene rings is 1. The van der Waals surface area contributed by atoms with Crippen molar-refractivity contribution in [3.05, 3.63) is 29.3 Å². The monoisotopic (exact) mass is 210 g/mol. The van der Waals surface area contributed by atoms with Crippen LogP contribution in [0.1, 0.15) is 18.1 Å². The lowest BCUT2D eigenvalue weighted by Gasteiger charge is -2.25. The molecule has 1 aromatic carbocycles. The van der Waals surface area contributed by atoms with Crippen LogP contribution in [0, 0.1) is 6.92 Å². The van der Waals surface area contributed by atoms with Gasteiger partial charge in [0.1, 0.15) is 11.4 Å². The number of nitrogens with one attached hydrogen (secondary N) is 1. The predicted octanol–water partition coefficient (Wildman–Crippen LogP) is 0.674. The zero-order valence-electron chi connectivity index (χ0n) is 9.37. The normalized spacial score (nSPS) is 14.7. The molecule has 0 heterocycles. The summed E-state index contributed by atoms with van der Waals surface area (Å²) in [6.07, 6.45) is 0. The average Bonchev–Trinajstić information content (AvgIpc) is 2.17. The Bertz CT molecular complexity index is 337. The average molecular weight is 210 g/mol. The van der Waals surface area contributed by atoms with E-state index in [1.807, 2.05) is 25.1 Å². The molecule has 0 aliphatic rings. The quantitative estimate of drug-likeness (QED) is 0.505. The molecular weight excluding hydrogens is 192 g/mol. The van der Waals surface area contributed by atoms with Gasteiger partial charge in [-0.05, 0) is 26.0 Å². The van der Waals surface area contributed by atoms with Gasteiger partial charge >= 0.3 is 0 Å². The van der Waals surface area contributed by atoms with Gasteiger partial charge in [-0.15, -0.1) is 0 Å². The van der Waals surface area contributed by atoms with Gasteiger partial charge in [-0.3, -0.25) is 11.3 Å². The van der Waals surface area contributed by atoms with E-state index in [1.54, 1.807) is 14.0 Å². The third kappa shape index (κ3) is 2.68. The Hall–Kier alpha value is -1.10. The molecule has 0 saturated heterocycles. The Kier molecular flexibility index (Phi) is 3.68. The van der Waals surface area contributed by atoms with Crippen LogP contribution in [-0.4, -0.2) is 18.8 Å². The van der Waals surface area contributed by atoms with Crippen LogP contribution in [0.25, 0.3) is 0 Å². The fraction of sp³-hybridized carbons (Fsp3) is 0.455. The third-order valence-corrected chi connectivity index (χ3v) is 2.38. The molecule has 1 atom stereocenters. The van der Waals surface area contributed by atoms with E-state index in [9.17, 15) is 5.11 Å². The third-order valence-electron chi connectivity index (χ3n) is 2.38. The van der Waals surface area contributed by atoms with Crippen LogP contribution in [0.2, 0.25) is 0 Å². The molecule has 1 rings (SSSR count). The summed E-state index contributed by atoms with van der Waals surface area (Å²) in [5.41, 5.74) is 3.25. The predicted molar refractivity (Wildman–Crippen MR) is 59.5 cm³/mol. The second-order valence-electron chi connectivity index (χ2n) is 3.86. The summed E-state index contributed by atoms with van der Waals surface area (Å²) < 4.78 is 5.20. The number of rotatable bonds is 4. The van der Waals surface area contributed by atoms with Crippen molar-refractivity contribution < 1.29 is 9.84 Å². The van der Waals surface area contributed by atoms with E-state index < -0.39 is 5.60 Å². The van der Waals surface area contributed by atoms with E-state index in [2.05, 4.69) is 5.43 Å². The molecule has 0 radical (unpaired) electrons. The second kappa shape index (κ2) is 4.61. The number of methoxy groups -OCH3 is 1. The lowest BCUT2D eigenvalue weighted by molar-refractivity contribution is 0.0546. The highest BCUT2D eigenvalue weighted by atomic mass is 16.5. The minimum absolute atomic E-state index is 0.271. The maximum atomic E-state index is 10.2. The van der Waals surface area contributed by atoms with Crippen LogP contribution in [0.4, 0.5) is 0 Å². The summed E-state index contributed by atoms with van der Waals surface area (Å²) in [5.74, 6) is 5.90. The zero-order chi connectivity index (χ0) is 11.5. The Morgan fingerprint density at radius 1 is 1.53 bits per heavy atom. The van der Waals surface area contributed by atoms with Crippen molar-refractivity contribution >= 4 is 0 Å². The summed E-state index contributed by atoms with van der Waals surface area (Å²) in [6.45, 7) is 3.94. The fourth-order valence-electron chi connectivity index (χ4n) is 1.54. The number of hydrazine groups is 1. The summed E-state index contributed by atoms with van der Waals surface area (Å²) >= 11 is 0. The summed E-state index contributed by atoms with van der Waals surface area (Å²) in [6, 6.07) is 5.68. The largest absolute Gasteiger partial charge is 0.496 e. The van der Waals surface area contributed by atoms with E-state index in [1.165, 1.54) is 0 Å². The Labute approximate surface area is 90.0 Å². The van der Waals surface area contributed by atoms with Crippen molar-refractivity contribution in [2.45, 2.75) is 19.4 Å². The van der Waals surface area contributed by atoms with E-state index in [0.717, 1.165) is 11.1 Å². The summed E-state index contributed by atoms with van der Waals surface area (Å²) in [7, 11) is 1.58. The van der Waals surface area contributed by atoms with Gasteiger partial charge < -0.3 is 9.84 Å². The van der Waals surface area contributed by atoms with Crippen molar-refractivity contribution in [2.75, 3.05) is 13.7 Å². The van der Waals surface area contributed by atoms with Crippen molar-refractivity contribution in [2.24, 2.45) is 5.84 Å². The van der Waals surface area contributed by atoms with Gasteiger partial charge in [0.2, 0.25) is 0 Å². The Balaban J connectivity index is 3.15. The minimum Gasteiger partial charge on any atom is -0.496 e. The minimum atomic E-state index is -1.04. The van der Waals surface area contributed by atoms with Crippen molar-refractivity contribution in [1.29, 1.82) is 0 Å². The number of ether oxygens (including phenoxy) is 1. The molecule has 0 aliphatic heterocycles. The molecule has 4 nitrogen and oxygen atoms in total. The summed E-state index contributed by atoms with van der Waals surface area (Å²) in [5, 5.41) is 10.2. The van der Waals surface area contributed by atoms with E-state index >= 15 is 0 Å². The number of aliphatic hydroxyl groups is 1. The van der Waals surface area contributed by atoms with E-state index in [0.29, 0.717) is 5.75 Å². The van der Waals surface area contributed by atoms with Crippen molar-refractivity contribution in [3.63, 3.8) is 0 Å². The molecule has 0 aromatic heterocycles. The van der Waals surface area contributed by atoms with Crippen LogP contribution in [0.15, 0.2) is 18.2 Å². The lowest BCUT2D eigenvalue weighted by atomic mass is 9.93. The molecule has 84 valence electrons. The molecule has 0 spiro atoms. The van der Waals surface area contributed by atoms with Crippen LogP contribution >= 0.6 is 0 Å². The Morgan fingerprint density at radius 3 is 2.73 bits per heavy atom. The highest BCUT2D eigenvalue weighted by Gasteiger charge is 2.26. The number of hydrogen-bond donors (Lipinski definition) is 3. The van der Waals surface area contributed by atoms with Crippen molar-refractivity contribution in [1.82, 2.24) is 5.43 Å². The van der Waals surface area contributed by atoms with Crippen molar-refractivity contribution in [3.8, 4) is 5.75 Å². The first-order valence-electron chi connectivity index (χ1n) is 4.82. The molecule has 1 aromatic rings. The zero-order valence-corrected chi connectivity index (χ0v) is 9.37. The molecule has 0 fully saturated rings. The Morgan fingerprint density at radius 2 is 2.20 bits per heavy atom. The first kappa shape index (κ1) is 12.0. The second-order valence-corrected chi connectivity index (χ2v) is 3.86. The maximum Gasteiger partial charge on any atom is 0.125 e. The molecule has 4 heteroatoms. The van der Waals surface area contributed by atoms with Gasteiger partial charge in [0.25, 0.3) is 0 Å². The molecule has 4 N–H and O–H groups in total. The smallest absolute Gasteiger partial charge is 0.125 e. The van der Waals surface area contributed by atoms with Gasteiger partial charge in [0.15, 0.2) is 0 Å². The molecule has 0 aliphatic carbocycles. The number of aryl methyl sites for hydroxylation is 1. The molecule has 0 saturated carbocycles. The molecule has 15 heavy (non-hydrogen) atoms. The first-order valence-corrected chi connectivity index (χ1v) is 4.82. The molecule has 1 unspecified atom stereocenters. The van der Waals surface area contributed by atoms with Gasteiger partial charge in [0.05, 0.1) is 7.11 Å². The highest BCUT2D eigenvalue weighted by Crippen LogP contribution is 2.30. The van der Waals surface area contributed by atoms with Gasteiger partial charge in [0, 0.05) is 12.1 Å². The van der Waals surface area contributed by atoms with Crippen LogP contribution in [0.3, 0.4) is 0 Å². The maximum absolute atomic E-state index is 10.2. The van der Waals surface area contributed by atoms with Crippen LogP contribution < -0.4 is 16.0 Å². The highest BCUT2D eigenvalue weighted by molar-refractivity contribution is 5.40. The van der Waals surface area contributed by atoms with Gasteiger partial charge in [-0.25, -0.2) is 0 Å². The van der Waals surface area contributed by atoms with E-state index in [-0.39, 0.29) is 6.54 Å². The molecular formula is C11H18N2O2. The van der Waals surface area contributed by atoms with Gasteiger partial charge in [-0.1, -0.05) is 11.6 Å². The fourth-order valence-corrected chi connectivity index (χ4v) is 1.54. The topological polar surface area (TPSA) is 67.5 Å². The SMILES string of the molecule is COc1ccc(C)cc1C(C)(O)CNN. The molecule has 0 amide bonds. The summed E-state index contributed by atoms with van der Waals surface area (Å²) in [4.78, 5) is 0. The van der Waals surface area contributed by atoms with Crippen LogP contribution in [0.5, 0.6) is 5.75 Å². The standard InChI is InChI=1S/C11H18N2O2/c1-8-4-5-10(15-3)9(6-8)11(2,14)7-13-12/h4-6,13-14H,7,12H2,1-3H3. The molecule has 0 bridgehead atoms. The number of nitrogens with two attached hydrogens (primary N) is 1. The lowest BCUT2D eigenvalue weighted by Crippen LogP contribution is -2.39. The van der Waals surface area contributed by atoms with Gasteiger partial charge in [-0.2, -0.15) is 0 Å².